The summed E-state index contributed by atoms with van der Waals surface area (Å²) >= 11 is 1.59. The van der Waals surface area contributed by atoms with E-state index in [1.54, 1.807) is 18.4 Å². The summed E-state index contributed by atoms with van der Waals surface area (Å²) < 4.78 is 5.35. The number of thiazole rings is 1. The van der Waals surface area contributed by atoms with Crippen LogP contribution in [0.15, 0.2) is 47.8 Å². The Morgan fingerprint density at radius 1 is 1.05 bits per heavy atom. The second-order valence-corrected chi connectivity index (χ2v) is 6.02. The van der Waals surface area contributed by atoms with E-state index in [0.29, 0.717) is 0 Å². The predicted octanol–water partition coefficient (Wildman–Crippen LogP) is 5.18. The molecule has 0 saturated heterocycles. The highest BCUT2D eigenvalue weighted by molar-refractivity contribution is 7.14. The number of rotatable bonds is 4. The molecule has 0 radical (unpaired) electrons. The van der Waals surface area contributed by atoms with Crippen LogP contribution >= 0.6 is 11.3 Å². The number of ether oxygens (including phenoxy) is 1. The molecule has 1 heterocycles. The van der Waals surface area contributed by atoms with Crippen molar-refractivity contribution in [1.29, 1.82) is 0 Å². The molecule has 3 rings (SSSR count). The van der Waals surface area contributed by atoms with Gasteiger partial charge in [0.15, 0.2) is 5.13 Å². The summed E-state index contributed by atoms with van der Waals surface area (Å²) in [6.45, 7) is 4.24. The summed E-state index contributed by atoms with van der Waals surface area (Å²) in [5.41, 5.74) is 5.64. The molecule has 0 unspecified atom stereocenters. The average Bonchev–Trinajstić information content (AvgIpc) is 2.99. The lowest BCUT2D eigenvalue weighted by atomic mass is 10.1. The first kappa shape index (κ1) is 14.6. The highest BCUT2D eigenvalue weighted by Gasteiger charge is 2.08. The van der Waals surface area contributed by atoms with E-state index in [1.165, 1.54) is 11.1 Å². The minimum absolute atomic E-state index is 0.811. The lowest BCUT2D eigenvalue weighted by Gasteiger charge is -2.08. The van der Waals surface area contributed by atoms with Crippen molar-refractivity contribution < 1.29 is 4.74 Å². The van der Waals surface area contributed by atoms with Gasteiger partial charge in [-0.25, -0.2) is 4.98 Å². The topological polar surface area (TPSA) is 34.1 Å². The van der Waals surface area contributed by atoms with Gasteiger partial charge in [-0.15, -0.1) is 11.3 Å². The van der Waals surface area contributed by atoms with E-state index in [2.05, 4.69) is 47.7 Å². The van der Waals surface area contributed by atoms with Crippen LogP contribution in [0.3, 0.4) is 0 Å². The molecule has 4 heteroatoms. The molecule has 0 aliphatic carbocycles. The second kappa shape index (κ2) is 6.20. The van der Waals surface area contributed by atoms with E-state index in [4.69, 9.17) is 4.74 Å². The van der Waals surface area contributed by atoms with Crippen molar-refractivity contribution in [3.05, 3.63) is 59.0 Å². The number of anilines is 2. The Kier molecular flexibility index (Phi) is 4.11. The maximum atomic E-state index is 5.35. The quantitative estimate of drug-likeness (QED) is 0.721. The molecule has 0 saturated carbocycles. The fraction of sp³-hybridized carbons (Fsp3) is 0.167. The third kappa shape index (κ3) is 2.97. The van der Waals surface area contributed by atoms with Crippen LogP contribution in [0.1, 0.15) is 11.1 Å². The van der Waals surface area contributed by atoms with Gasteiger partial charge in [-0.1, -0.05) is 24.3 Å². The molecule has 22 heavy (non-hydrogen) atoms. The van der Waals surface area contributed by atoms with Gasteiger partial charge in [0, 0.05) is 10.9 Å². The molecule has 0 bridgehead atoms. The molecule has 0 spiro atoms. The Bertz CT molecular complexity index is 795. The van der Waals surface area contributed by atoms with Gasteiger partial charge in [-0.2, -0.15) is 0 Å². The van der Waals surface area contributed by atoms with Gasteiger partial charge >= 0.3 is 0 Å². The zero-order valence-electron chi connectivity index (χ0n) is 12.9. The molecule has 3 nitrogen and oxygen atoms in total. The summed E-state index contributed by atoms with van der Waals surface area (Å²) in [5, 5.41) is 6.25. The lowest BCUT2D eigenvalue weighted by Crippen LogP contribution is -1.93. The molecule has 1 aromatic heterocycles. The summed E-state index contributed by atoms with van der Waals surface area (Å²) in [7, 11) is 1.67. The lowest BCUT2D eigenvalue weighted by molar-refractivity contribution is 0.417. The van der Waals surface area contributed by atoms with Crippen molar-refractivity contribution in [3.63, 3.8) is 0 Å². The molecule has 112 valence electrons. The van der Waals surface area contributed by atoms with Crippen LogP contribution in [0.25, 0.3) is 11.3 Å². The molecule has 0 amide bonds. The summed E-state index contributed by atoms with van der Waals surface area (Å²) in [6, 6.07) is 14.3. The summed E-state index contributed by atoms with van der Waals surface area (Å²) in [5.74, 6) is 0.811. The SMILES string of the molecule is COc1ccccc1Nc1nc(-c2ccc(C)c(C)c2)cs1. The molecule has 0 fully saturated rings. The van der Waals surface area contributed by atoms with Crippen LogP contribution in [-0.4, -0.2) is 12.1 Å². The van der Waals surface area contributed by atoms with Crippen LogP contribution in [0.5, 0.6) is 5.75 Å². The number of aryl methyl sites for hydroxylation is 2. The van der Waals surface area contributed by atoms with Crippen LogP contribution < -0.4 is 10.1 Å². The first-order valence-corrected chi connectivity index (χ1v) is 7.98. The van der Waals surface area contributed by atoms with Crippen LogP contribution in [0.4, 0.5) is 10.8 Å². The van der Waals surface area contributed by atoms with Crippen molar-refractivity contribution in [2.24, 2.45) is 0 Å². The van der Waals surface area contributed by atoms with E-state index >= 15 is 0 Å². The highest BCUT2D eigenvalue weighted by atomic mass is 32.1. The van der Waals surface area contributed by atoms with Crippen LogP contribution in [0.2, 0.25) is 0 Å². The minimum Gasteiger partial charge on any atom is -0.495 e. The molecular formula is C18H18N2OS. The fourth-order valence-corrected chi connectivity index (χ4v) is 2.96. The third-order valence-electron chi connectivity index (χ3n) is 3.66. The second-order valence-electron chi connectivity index (χ2n) is 5.16. The zero-order valence-corrected chi connectivity index (χ0v) is 13.7. The van der Waals surface area contributed by atoms with E-state index in [-0.39, 0.29) is 0 Å². The van der Waals surface area contributed by atoms with E-state index in [9.17, 15) is 0 Å². The van der Waals surface area contributed by atoms with Gasteiger partial charge in [0.1, 0.15) is 5.75 Å². The number of hydrogen-bond donors (Lipinski definition) is 1. The molecule has 0 aliphatic heterocycles. The van der Waals surface area contributed by atoms with Gasteiger partial charge in [0.2, 0.25) is 0 Å². The molecule has 0 aliphatic rings. The Labute approximate surface area is 134 Å². The fourth-order valence-electron chi connectivity index (χ4n) is 2.23. The van der Waals surface area contributed by atoms with E-state index in [0.717, 1.165) is 27.8 Å². The summed E-state index contributed by atoms with van der Waals surface area (Å²) in [4.78, 5) is 4.67. The molecule has 3 aromatic rings. The first-order valence-electron chi connectivity index (χ1n) is 7.10. The predicted molar refractivity (Wildman–Crippen MR) is 93.3 cm³/mol. The van der Waals surface area contributed by atoms with E-state index in [1.807, 2.05) is 24.3 Å². The molecular weight excluding hydrogens is 292 g/mol. The maximum Gasteiger partial charge on any atom is 0.187 e. The average molecular weight is 310 g/mol. The standard InChI is InChI=1S/C18H18N2OS/c1-12-8-9-14(10-13(12)2)16-11-22-18(20-16)19-15-6-4-5-7-17(15)21-3/h4-11H,1-3H3,(H,19,20). The van der Waals surface area contributed by atoms with Crippen LogP contribution in [-0.2, 0) is 0 Å². The zero-order chi connectivity index (χ0) is 15.5. The number of benzene rings is 2. The number of para-hydroxylation sites is 2. The van der Waals surface area contributed by atoms with Gasteiger partial charge in [0.05, 0.1) is 18.5 Å². The van der Waals surface area contributed by atoms with Crippen molar-refractivity contribution in [2.45, 2.75) is 13.8 Å². The Hall–Kier alpha value is -2.33. The summed E-state index contributed by atoms with van der Waals surface area (Å²) in [6.07, 6.45) is 0. The number of nitrogens with zero attached hydrogens (tertiary/aromatic N) is 1. The Morgan fingerprint density at radius 3 is 2.64 bits per heavy atom. The van der Waals surface area contributed by atoms with Crippen molar-refractivity contribution in [2.75, 3.05) is 12.4 Å². The highest BCUT2D eigenvalue weighted by Crippen LogP contribution is 2.31. The first-order chi connectivity index (χ1) is 10.7. The van der Waals surface area contributed by atoms with Gasteiger partial charge < -0.3 is 10.1 Å². The minimum atomic E-state index is 0.811. The third-order valence-corrected chi connectivity index (χ3v) is 4.41. The maximum absolute atomic E-state index is 5.35. The number of nitrogens with one attached hydrogen (secondary N) is 1. The van der Waals surface area contributed by atoms with Crippen molar-refractivity contribution in [1.82, 2.24) is 4.98 Å². The molecule has 1 N–H and O–H groups in total. The normalized spacial score (nSPS) is 10.5. The number of aromatic nitrogens is 1. The monoisotopic (exact) mass is 310 g/mol. The smallest absolute Gasteiger partial charge is 0.187 e. The van der Waals surface area contributed by atoms with Crippen molar-refractivity contribution >= 4 is 22.2 Å². The van der Waals surface area contributed by atoms with Crippen molar-refractivity contribution in [3.8, 4) is 17.0 Å². The van der Waals surface area contributed by atoms with Crippen LogP contribution in [0, 0.1) is 13.8 Å². The van der Waals surface area contributed by atoms with Gasteiger partial charge in [-0.05, 0) is 43.2 Å². The molecule has 2 aromatic carbocycles. The number of hydrogen-bond acceptors (Lipinski definition) is 4. The van der Waals surface area contributed by atoms with Gasteiger partial charge in [-0.3, -0.25) is 0 Å². The largest absolute Gasteiger partial charge is 0.495 e. The van der Waals surface area contributed by atoms with Gasteiger partial charge in [0.25, 0.3) is 0 Å². The number of methoxy groups -OCH3 is 1. The molecule has 0 atom stereocenters. The van der Waals surface area contributed by atoms with E-state index < -0.39 is 0 Å². The Morgan fingerprint density at radius 2 is 1.86 bits per heavy atom. The Balaban J connectivity index is 1.86.